The van der Waals surface area contributed by atoms with Crippen LogP contribution in [0.25, 0.3) is 0 Å². The van der Waals surface area contributed by atoms with Crippen LogP contribution in [0.1, 0.15) is 70.1 Å². The minimum absolute atomic E-state index is 0.0828. The molecule has 2 N–H and O–H groups in total. The van der Waals surface area contributed by atoms with E-state index in [1.807, 2.05) is 13.0 Å². The summed E-state index contributed by atoms with van der Waals surface area (Å²) in [7, 11) is 0. The van der Waals surface area contributed by atoms with Crippen molar-refractivity contribution in [2.45, 2.75) is 90.9 Å². The molecule has 0 spiro atoms. The largest absolute Gasteiger partial charge is 0.416 e. The number of aliphatic hydroxyl groups excluding tert-OH is 1. The molecule has 0 radical (unpaired) electrons. The predicted molar refractivity (Wildman–Crippen MR) is 138 cm³/mol. The van der Waals surface area contributed by atoms with Crippen LogP contribution >= 0.6 is 0 Å². The standard InChI is InChI=1S/C25H35F3N2O4.C3H8/c1-3-34-23(31)7-6-22(29-21-9-12-33-13-10-21)14-17(2)24(32)30-11-8-18-4-5-20(25(26,27)28)15-19(18)16-30;1-3-2/h4-7,15,17,21-23,29,31H,3,8-14,16H2,1-2H3;3H2,1-2H3/b7-6+;. The predicted octanol–water partition coefficient (Wildman–Crippen LogP) is 5.08. The van der Waals surface area contributed by atoms with E-state index in [1.54, 1.807) is 17.9 Å². The van der Waals surface area contributed by atoms with E-state index in [2.05, 4.69) is 19.2 Å². The van der Waals surface area contributed by atoms with E-state index in [1.165, 1.54) is 12.5 Å². The number of alkyl halides is 3. The first-order valence-corrected chi connectivity index (χ1v) is 13.4. The molecule has 0 bridgehead atoms. The molecule has 1 fully saturated rings. The maximum atomic E-state index is 13.2. The third-order valence-corrected chi connectivity index (χ3v) is 6.40. The molecule has 210 valence electrons. The van der Waals surface area contributed by atoms with Gasteiger partial charge in [-0.05, 0) is 61.9 Å². The van der Waals surface area contributed by atoms with Gasteiger partial charge < -0.3 is 24.8 Å². The highest BCUT2D eigenvalue weighted by Gasteiger charge is 2.33. The molecule has 1 amide bonds. The zero-order valence-corrected chi connectivity index (χ0v) is 22.5. The molecule has 0 saturated carbocycles. The van der Waals surface area contributed by atoms with E-state index in [4.69, 9.17) is 9.47 Å². The lowest BCUT2D eigenvalue weighted by Crippen LogP contribution is -2.44. The molecule has 2 heterocycles. The minimum Gasteiger partial charge on any atom is -0.381 e. The van der Waals surface area contributed by atoms with E-state index in [9.17, 15) is 23.1 Å². The van der Waals surface area contributed by atoms with Crippen molar-refractivity contribution in [1.29, 1.82) is 0 Å². The van der Waals surface area contributed by atoms with Gasteiger partial charge in [0.1, 0.15) is 0 Å². The third kappa shape index (κ3) is 10.4. The van der Waals surface area contributed by atoms with Crippen molar-refractivity contribution in [3.05, 3.63) is 47.0 Å². The number of ether oxygens (including phenoxy) is 2. The van der Waals surface area contributed by atoms with Crippen LogP contribution in [-0.2, 0) is 33.4 Å². The summed E-state index contributed by atoms with van der Waals surface area (Å²) in [5.74, 6) is -0.431. The van der Waals surface area contributed by atoms with E-state index in [0.29, 0.717) is 44.8 Å². The number of amides is 1. The van der Waals surface area contributed by atoms with Gasteiger partial charge in [0.05, 0.1) is 5.56 Å². The number of benzene rings is 1. The summed E-state index contributed by atoms with van der Waals surface area (Å²) in [6.45, 7) is 10.3. The number of carbonyl (C=O) groups excluding carboxylic acids is 1. The molecule has 1 saturated heterocycles. The topological polar surface area (TPSA) is 71.0 Å². The Bertz CT molecular complexity index is 856. The summed E-state index contributed by atoms with van der Waals surface area (Å²) in [5, 5.41) is 13.5. The van der Waals surface area contributed by atoms with Crippen LogP contribution in [0.2, 0.25) is 0 Å². The SMILES string of the molecule is CCC.CCOC(O)/C=C/C(CC(C)C(=O)N1CCc2ccc(C(F)(F)F)cc2C1)NC1CCOCC1. The second-order valence-corrected chi connectivity index (χ2v) is 9.73. The van der Waals surface area contributed by atoms with Crippen molar-refractivity contribution in [3.8, 4) is 0 Å². The van der Waals surface area contributed by atoms with Crippen molar-refractivity contribution in [3.63, 3.8) is 0 Å². The van der Waals surface area contributed by atoms with Gasteiger partial charge in [-0.2, -0.15) is 13.2 Å². The number of nitrogens with zero attached hydrogens (tertiary/aromatic N) is 1. The second-order valence-electron chi connectivity index (χ2n) is 9.73. The van der Waals surface area contributed by atoms with Gasteiger partial charge in [-0.25, -0.2) is 0 Å². The fraction of sp³-hybridized carbons (Fsp3) is 0.679. The first kappa shape index (κ1) is 31.3. The maximum Gasteiger partial charge on any atom is 0.416 e. The number of hydrogen-bond donors (Lipinski definition) is 2. The lowest BCUT2D eigenvalue weighted by molar-refractivity contribution is -0.137. The van der Waals surface area contributed by atoms with E-state index in [0.717, 1.165) is 30.5 Å². The number of carbonyl (C=O) groups is 1. The third-order valence-electron chi connectivity index (χ3n) is 6.40. The molecule has 1 aromatic rings. The second kappa shape index (κ2) is 15.5. The lowest BCUT2D eigenvalue weighted by Gasteiger charge is -2.33. The Balaban J connectivity index is 0.00000153. The summed E-state index contributed by atoms with van der Waals surface area (Å²) < 4.78 is 50.0. The van der Waals surface area contributed by atoms with Gasteiger partial charge in [0.15, 0.2) is 6.29 Å². The van der Waals surface area contributed by atoms with Crippen LogP contribution in [-0.4, -0.2) is 60.7 Å². The molecule has 3 unspecified atom stereocenters. The normalized spacial score (nSPS) is 19.1. The molecular weight excluding hydrogens is 485 g/mol. The van der Waals surface area contributed by atoms with Crippen LogP contribution < -0.4 is 5.32 Å². The Kier molecular flexibility index (Phi) is 13.1. The van der Waals surface area contributed by atoms with Gasteiger partial charge in [0, 0.05) is 50.9 Å². The zero-order valence-electron chi connectivity index (χ0n) is 22.5. The Labute approximate surface area is 219 Å². The van der Waals surface area contributed by atoms with Crippen molar-refractivity contribution in [2.75, 3.05) is 26.4 Å². The number of nitrogens with one attached hydrogen (secondary N) is 1. The molecule has 0 aromatic heterocycles. The summed E-state index contributed by atoms with van der Waals surface area (Å²) >= 11 is 0. The molecule has 2 aliphatic rings. The Hall–Kier alpha value is -1.94. The van der Waals surface area contributed by atoms with Gasteiger partial charge in [-0.1, -0.05) is 39.3 Å². The van der Waals surface area contributed by atoms with Gasteiger partial charge in [0.25, 0.3) is 0 Å². The molecule has 0 aliphatic carbocycles. The van der Waals surface area contributed by atoms with Crippen LogP contribution in [0.4, 0.5) is 13.2 Å². The quantitative estimate of drug-likeness (QED) is 0.346. The Morgan fingerprint density at radius 1 is 1.22 bits per heavy atom. The Morgan fingerprint density at radius 3 is 2.51 bits per heavy atom. The van der Waals surface area contributed by atoms with Crippen molar-refractivity contribution < 1.29 is 32.5 Å². The van der Waals surface area contributed by atoms with Crippen LogP contribution in [0, 0.1) is 5.92 Å². The monoisotopic (exact) mass is 528 g/mol. The van der Waals surface area contributed by atoms with Crippen molar-refractivity contribution in [2.24, 2.45) is 5.92 Å². The summed E-state index contributed by atoms with van der Waals surface area (Å²) in [4.78, 5) is 14.9. The molecule has 9 heteroatoms. The van der Waals surface area contributed by atoms with Gasteiger partial charge in [0.2, 0.25) is 5.91 Å². The summed E-state index contributed by atoms with van der Waals surface area (Å²) in [6.07, 6.45) is 2.00. The first-order valence-electron chi connectivity index (χ1n) is 13.4. The molecule has 37 heavy (non-hydrogen) atoms. The highest BCUT2D eigenvalue weighted by atomic mass is 19.4. The fourth-order valence-electron chi connectivity index (χ4n) is 4.54. The number of fused-ring (bicyclic) bond motifs is 1. The van der Waals surface area contributed by atoms with Crippen molar-refractivity contribution >= 4 is 5.91 Å². The van der Waals surface area contributed by atoms with Crippen LogP contribution in [0.15, 0.2) is 30.4 Å². The molecule has 3 atom stereocenters. The van der Waals surface area contributed by atoms with E-state index in [-0.39, 0.29) is 30.5 Å². The number of hydrogen-bond acceptors (Lipinski definition) is 5. The van der Waals surface area contributed by atoms with Gasteiger partial charge in [-0.3, -0.25) is 4.79 Å². The first-order chi connectivity index (χ1) is 17.6. The zero-order chi connectivity index (χ0) is 27.4. The number of rotatable bonds is 9. The average Bonchev–Trinajstić information content (AvgIpc) is 2.87. The smallest absolute Gasteiger partial charge is 0.381 e. The summed E-state index contributed by atoms with van der Waals surface area (Å²) in [5.41, 5.74) is 0.724. The molecule has 6 nitrogen and oxygen atoms in total. The van der Waals surface area contributed by atoms with Gasteiger partial charge >= 0.3 is 6.18 Å². The highest BCUT2D eigenvalue weighted by molar-refractivity contribution is 5.79. The van der Waals surface area contributed by atoms with Crippen LogP contribution in [0.5, 0.6) is 0 Å². The summed E-state index contributed by atoms with van der Waals surface area (Å²) in [6, 6.07) is 3.87. The highest BCUT2D eigenvalue weighted by Crippen LogP contribution is 2.32. The van der Waals surface area contributed by atoms with Crippen LogP contribution in [0.3, 0.4) is 0 Å². The maximum absolute atomic E-state index is 13.2. The van der Waals surface area contributed by atoms with Gasteiger partial charge in [-0.15, -0.1) is 0 Å². The van der Waals surface area contributed by atoms with Crippen molar-refractivity contribution in [1.82, 2.24) is 10.2 Å². The number of aliphatic hydroxyl groups is 1. The molecule has 1 aromatic carbocycles. The Morgan fingerprint density at radius 2 is 1.89 bits per heavy atom. The lowest BCUT2D eigenvalue weighted by atomic mass is 9.94. The van der Waals surface area contributed by atoms with E-state index >= 15 is 0 Å². The minimum atomic E-state index is -4.41. The fourth-order valence-corrected chi connectivity index (χ4v) is 4.54. The van der Waals surface area contributed by atoms with E-state index < -0.39 is 18.0 Å². The number of halogens is 3. The molecular formula is C28H43F3N2O4. The average molecular weight is 529 g/mol. The molecule has 3 rings (SSSR count). The molecule has 2 aliphatic heterocycles.